The number of Topliss-reactive ketones (excluding diaryl/α,β-unsaturated/α-hetero) is 1. The van der Waals surface area contributed by atoms with Gasteiger partial charge in [0.1, 0.15) is 0 Å². The van der Waals surface area contributed by atoms with E-state index in [0.29, 0.717) is 17.3 Å². The third-order valence-electron chi connectivity index (χ3n) is 5.77. The third-order valence-corrected chi connectivity index (χ3v) is 5.77. The van der Waals surface area contributed by atoms with E-state index in [4.69, 9.17) is 10.3 Å². The standard InChI is InChI=1S/C22H21N7O2/c1-14(30)12-29-13-17(11-26-29)19-27-20(28-31-19)22(7-2-8-22)18-5-3-15(4-6-18)16-9-24-21(23)25-10-16/h3-6,9-11,13H,2,7-8,12H2,1H3,(H2,23,24,25). The van der Waals surface area contributed by atoms with Crippen LogP contribution in [0.1, 0.15) is 37.6 Å². The molecule has 0 amide bonds. The molecule has 3 aromatic heterocycles. The van der Waals surface area contributed by atoms with Crippen molar-refractivity contribution in [3.63, 3.8) is 0 Å². The van der Waals surface area contributed by atoms with E-state index in [1.165, 1.54) is 6.92 Å². The van der Waals surface area contributed by atoms with Crippen LogP contribution in [0.3, 0.4) is 0 Å². The van der Waals surface area contributed by atoms with Crippen LogP contribution in [0.5, 0.6) is 0 Å². The molecule has 1 aliphatic rings. The van der Waals surface area contributed by atoms with Crippen LogP contribution in [-0.2, 0) is 16.8 Å². The predicted octanol–water partition coefficient (Wildman–Crippen LogP) is 3.03. The second kappa shape index (κ2) is 7.42. The highest BCUT2D eigenvalue weighted by molar-refractivity contribution is 5.75. The van der Waals surface area contributed by atoms with Gasteiger partial charge in [-0.15, -0.1) is 0 Å². The number of ketones is 1. The minimum atomic E-state index is -0.257. The number of benzene rings is 1. The molecule has 0 atom stereocenters. The molecule has 0 radical (unpaired) electrons. The van der Waals surface area contributed by atoms with Gasteiger partial charge < -0.3 is 10.3 Å². The van der Waals surface area contributed by atoms with Crippen molar-refractivity contribution in [1.82, 2.24) is 29.9 Å². The molecule has 0 aliphatic heterocycles. The van der Waals surface area contributed by atoms with Crippen molar-refractivity contribution in [2.75, 3.05) is 5.73 Å². The molecule has 156 valence electrons. The smallest absolute Gasteiger partial charge is 0.261 e. The second-order valence-corrected chi connectivity index (χ2v) is 7.89. The van der Waals surface area contributed by atoms with Crippen LogP contribution in [0.2, 0.25) is 0 Å². The molecule has 9 nitrogen and oxygen atoms in total. The van der Waals surface area contributed by atoms with Crippen molar-refractivity contribution in [2.45, 2.75) is 38.1 Å². The van der Waals surface area contributed by atoms with Gasteiger partial charge in [0, 0.05) is 24.2 Å². The molecule has 4 aromatic rings. The van der Waals surface area contributed by atoms with E-state index in [2.05, 4.69) is 49.5 Å². The second-order valence-electron chi connectivity index (χ2n) is 7.89. The Labute approximate surface area is 178 Å². The Kier molecular flexibility index (Phi) is 4.58. The van der Waals surface area contributed by atoms with E-state index >= 15 is 0 Å². The number of carbonyl (C=O) groups excluding carboxylic acids is 1. The Morgan fingerprint density at radius 1 is 1.10 bits per heavy atom. The topological polar surface area (TPSA) is 126 Å². The number of hydrogen-bond donors (Lipinski definition) is 1. The van der Waals surface area contributed by atoms with Crippen LogP contribution >= 0.6 is 0 Å². The minimum absolute atomic E-state index is 0.0308. The molecule has 1 aliphatic carbocycles. The first-order valence-corrected chi connectivity index (χ1v) is 10.1. The number of carbonyl (C=O) groups is 1. The predicted molar refractivity (Wildman–Crippen MR) is 113 cm³/mol. The van der Waals surface area contributed by atoms with Gasteiger partial charge in [-0.1, -0.05) is 35.8 Å². The summed E-state index contributed by atoms with van der Waals surface area (Å²) in [5.41, 5.74) is 9.10. The highest BCUT2D eigenvalue weighted by Gasteiger charge is 2.44. The zero-order chi connectivity index (χ0) is 21.4. The third kappa shape index (κ3) is 3.48. The fourth-order valence-corrected chi connectivity index (χ4v) is 3.96. The Balaban J connectivity index is 1.42. The van der Waals surface area contributed by atoms with E-state index < -0.39 is 0 Å². The lowest BCUT2D eigenvalue weighted by atomic mass is 9.64. The first-order valence-electron chi connectivity index (χ1n) is 10.1. The summed E-state index contributed by atoms with van der Waals surface area (Å²) in [6.45, 7) is 1.74. The zero-order valence-corrected chi connectivity index (χ0v) is 17.0. The maximum absolute atomic E-state index is 11.3. The zero-order valence-electron chi connectivity index (χ0n) is 17.0. The summed E-state index contributed by atoms with van der Waals surface area (Å²) < 4.78 is 7.12. The molecule has 1 saturated carbocycles. The fraction of sp³-hybridized carbons (Fsp3) is 0.273. The number of hydrogen-bond acceptors (Lipinski definition) is 8. The summed E-state index contributed by atoms with van der Waals surface area (Å²) in [5.74, 6) is 1.38. The van der Waals surface area contributed by atoms with Crippen molar-refractivity contribution in [1.29, 1.82) is 0 Å². The van der Waals surface area contributed by atoms with Gasteiger partial charge in [0.15, 0.2) is 11.6 Å². The number of anilines is 1. The van der Waals surface area contributed by atoms with Gasteiger partial charge in [-0.3, -0.25) is 9.48 Å². The fourth-order valence-electron chi connectivity index (χ4n) is 3.96. The molecular formula is C22H21N7O2. The number of nitrogens with two attached hydrogens (primary N) is 1. The first-order chi connectivity index (χ1) is 15.0. The molecule has 1 fully saturated rings. The van der Waals surface area contributed by atoms with Crippen molar-refractivity contribution >= 4 is 11.7 Å². The summed E-state index contributed by atoms with van der Waals surface area (Å²) in [5, 5.41) is 8.49. The Bertz CT molecular complexity index is 1220. The lowest BCUT2D eigenvalue weighted by Crippen LogP contribution is -2.36. The molecular weight excluding hydrogens is 394 g/mol. The van der Waals surface area contributed by atoms with Gasteiger partial charge in [-0.25, -0.2) is 9.97 Å². The van der Waals surface area contributed by atoms with E-state index in [1.807, 2.05) is 0 Å². The van der Waals surface area contributed by atoms with E-state index in [-0.39, 0.29) is 23.7 Å². The maximum atomic E-state index is 11.3. The number of rotatable bonds is 6. The summed E-state index contributed by atoms with van der Waals surface area (Å²) >= 11 is 0. The molecule has 31 heavy (non-hydrogen) atoms. The average Bonchev–Trinajstić information content (AvgIpc) is 3.38. The van der Waals surface area contributed by atoms with Crippen LogP contribution in [0.25, 0.3) is 22.6 Å². The molecule has 1 aromatic carbocycles. The van der Waals surface area contributed by atoms with E-state index in [9.17, 15) is 4.79 Å². The van der Waals surface area contributed by atoms with E-state index in [0.717, 1.165) is 36.0 Å². The van der Waals surface area contributed by atoms with Crippen molar-refractivity contribution in [3.05, 3.63) is 60.4 Å². The molecule has 5 rings (SSSR count). The normalized spacial score (nSPS) is 14.9. The van der Waals surface area contributed by atoms with Gasteiger partial charge in [-0.05, 0) is 30.9 Å². The summed E-state index contributed by atoms with van der Waals surface area (Å²) in [6, 6.07) is 8.31. The highest BCUT2D eigenvalue weighted by atomic mass is 16.5. The molecule has 2 N–H and O–H groups in total. The molecule has 0 unspecified atom stereocenters. The van der Waals surface area contributed by atoms with Crippen LogP contribution in [0, 0.1) is 0 Å². The molecule has 0 bridgehead atoms. The van der Waals surface area contributed by atoms with Gasteiger partial charge in [0.05, 0.1) is 23.7 Å². The summed E-state index contributed by atoms with van der Waals surface area (Å²) in [6.07, 6.45) is 9.84. The molecule has 0 saturated heterocycles. The lowest BCUT2D eigenvalue weighted by molar-refractivity contribution is -0.117. The summed E-state index contributed by atoms with van der Waals surface area (Å²) in [4.78, 5) is 24.1. The number of nitrogen functional groups attached to an aromatic ring is 1. The minimum Gasteiger partial charge on any atom is -0.368 e. The Morgan fingerprint density at radius 3 is 2.48 bits per heavy atom. The number of nitrogens with zero attached hydrogens (tertiary/aromatic N) is 6. The van der Waals surface area contributed by atoms with Gasteiger partial charge >= 0.3 is 0 Å². The summed E-state index contributed by atoms with van der Waals surface area (Å²) in [7, 11) is 0. The first kappa shape index (κ1) is 19.1. The Hall–Kier alpha value is -3.88. The van der Waals surface area contributed by atoms with Crippen LogP contribution < -0.4 is 5.73 Å². The van der Waals surface area contributed by atoms with Crippen LogP contribution in [0.15, 0.2) is 53.6 Å². The number of aromatic nitrogens is 6. The van der Waals surface area contributed by atoms with Crippen molar-refractivity contribution in [3.8, 4) is 22.6 Å². The van der Waals surface area contributed by atoms with Crippen molar-refractivity contribution in [2.24, 2.45) is 0 Å². The van der Waals surface area contributed by atoms with Gasteiger partial charge in [0.2, 0.25) is 5.95 Å². The maximum Gasteiger partial charge on any atom is 0.261 e. The SMILES string of the molecule is CC(=O)Cn1cc(-c2nc(C3(c4ccc(-c5cnc(N)nc5)cc4)CCC3)no2)cn1. The van der Waals surface area contributed by atoms with Crippen molar-refractivity contribution < 1.29 is 9.32 Å². The van der Waals surface area contributed by atoms with Gasteiger partial charge in [0.25, 0.3) is 5.89 Å². The molecule has 3 heterocycles. The van der Waals surface area contributed by atoms with Gasteiger partial charge in [-0.2, -0.15) is 10.1 Å². The average molecular weight is 415 g/mol. The quantitative estimate of drug-likeness (QED) is 0.509. The van der Waals surface area contributed by atoms with Crippen LogP contribution in [0.4, 0.5) is 5.95 Å². The Morgan fingerprint density at radius 2 is 1.84 bits per heavy atom. The van der Waals surface area contributed by atoms with E-state index in [1.54, 1.807) is 29.5 Å². The molecule has 9 heteroatoms. The monoisotopic (exact) mass is 415 g/mol. The molecule has 0 spiro atoms. The largest absolute Gasteiger partial charge is 0.368 e. The lowest BCUT2D eigenvalue weighted by Gasteiger charge is -2.39. The highest BCUT2D eigenvalue weighted by Crippen LogP contribution is 2.48. The van der Waals surface area contributed by atoms with Crippen LogP contribution in [-0.4, -0.2) is 35.7 Å².